The van der Waals surface area contributed by atoms with Crippen molar-refractivity contribution in [2.45, 2.75) is 19.4 Å². The third-order valence-corrected chi connectivity index (χ3v) is 4.51. The smallest absolute Gasteiger partial charge is 0.410 e. The van der Waals surface area contributed by atoms with Crippen LogP contribution in [0, 0.1) is 0 Å². The van der Waals surface area contributed by atoms with Gasteiger partial charge in [0, 0.05) is 18.5 Å². The highest BCUT2D eigenvalue weighted by Crippen LogP contribution is 2.37. The average molecular weight is 301 g/mol. The molecule has 4 nitrogen and oxygen atoms in total. The lowest BCUT2D eigenvalue weighted by molar-refractivity contribution is 0.0886. The maximum atomic E-state index is 12.4. The molecule has 1 aliphatic heterocycles. The molecule has 2 heterocycles. The molecule has 1 unspecified atom stereocenters. The molecule has 1 aliphatic rings. The molecule has 1 aromatic heterocycles. The summed E-state index contributed by atoms with van der Waals surface area (Å²) < 4.78 is 5.32. The molecule has 3 rings (SSSR count). The Morgan fingerprint density at radius 2 is 2.10 bits per heavy atom. The molecule has 108 valence electrons. The minimum atomic E-state index is -0.389. The van der Waals surface area contributed by atoms with Gasteiger partial charge in [0.05, 0.1) is 10.9 Å². The number of para-hydroxylation sites is 1. The first kappa shape index (κ1) is 13.8. The number of fused-ring (bicyclic) bond motifs is 1. The first-order valence-electron chi connectivity index (χ1n) is 6.84. The van der Waals surface area contributed by atoms with Gasteiger partial charge in [0.2, 0.25) is 0 Å². The van der Waals surface area contributed by atoms with Gasteiger partial charge in [-0.2, -0.15) is 0 Å². The highest BCUT2D eigenvalue weighted by atomic mass is 32.1. The summed E-state index contributed by atoms with van der Waals surface area (Å²) in [6.45, 7) is 2.40. The van der Waals surface area contributed by atoms with Gasteiger partial charge in [0.25, 0.3) is 0 Å². The van der Waals surface area contributed by atoms with E-state index < -0.39 is 0 Å². The SMILES string of the molecule is CCN1C(=O)Oc2ccccc2C1CC(=O)c1cccs1. The van der Waals surface area contributed by atoms with Gasteiger partial charge in [-0.3, -0.25) is 4.79 Å². The number of ketones is 1. The van der Waals surface area contributed by atoms with Crippen LogP contribution in [-0.2, 0) is 0 Å². The normalized spacial score (nSPS) is 17.3. The number of carbonyl (C=O) groups excluding carboxylic acids is 2. The summed E-state index contributed by atoms with van der Waals surface area (Å²) in [6, 6.07) is 10.8. The standard InChI is InChI=1S/C16H15NO3S/c1-2-17-12(10-13(18)15-8-5-9-21-15)11-6-3-4-7-14(11)20-16(17)19/h3-9,12H,2,10H2,1H3. The Labute approximate surface area is 127 Å². The van der Waals surface area contributed by atoms with Crippen LogP contribution in [0.1, 0.15) is 34.6 Å². The molecule has 0 bridgehead atoms. The Morgan fingerprint density at radius 1 is 1.29 bits per heavy atom. The van der Waals surface area contributed by atoms with Gasteiger partial charge < -0.3 is 9.64 Å². The number of amides is 1. The third-order valence-electron chi connectivity index (χ3n) is 3.60. The number of rotatable bonds is 4. The fourth-order valence-electron chi connectivity index (χ4n) is 2.58. The van der Waals surface area contributed by atoms with Crippen molar-refractivity contribution in [3.63, 3.8) is 0 Å². The van der Waals surface area contributed by atoms with Crippen molar-refractivity contribution in [2.24, 2.45) is 0 Å². The molecule has 0 saturated carbocycles. The number of hydrogen-bond acceptors (Lipinski definition) is 4. The number of thiophene rings is 1. The van der Waals surface area contributed by atoms with Crippen molar-refractivity contribution in [3.05, 3.63) is 52.2 Å². The van der Waals surface area contributed by atoms with Crippen LogP contribution in [0.5, 0.6) is 5.75 Å². The van der Waals surface area contributed by atoms with Gasteiger partial charge in [-0.1, -0.05) is 24.3 Å². The zero-order valence-electron chi connectivity index (χ0n) is 11.6. The molecule has 5 heteroatoms. The van der Waals surface area contributed by atoms with Crippen molar-refractivity contribution in [1.82, 2.24) is 4.90 Å². The maximum Gasteiger partial charge on any atom is 0.415 e. The van der Waals surface area contributed by atoms with Crippen molar-refractivity contribution < 1.29 is 14.3 Å². The zero-order valence-corrected chi connectivity index (χ0v) is 12.4. The molecule has 1 amide bonds. The average Bonchev–Trinajstić information content (AvgIpc) is 3.01. The fraction of sp³-hybridized carbons (Fsp3) is 0.250. The van der Waals surface area contributed by atoms with Gasteiger partial charge in [-0.05, 0) is 24.4 Å². The highest BCUT2D eigenvalue weighted by Gasteiger charge is 2.34. The number of ether oxygens (including phenoxy) is 1. The Bertz CT molecular complexity index is 666. The second-order valence-corrected chi connectivity index (χ2v) is 5.76. The number of nitrogens with zero attached hydrogens (tertiary/aromatic N) is 1. The minimum absolute atomic E-state index is 0.0537. The molecule has 2 aromatic rings. The quantitative estimate of drug-likeness (QED) is 0.805. The predicted octanol–water partition coefficient (Wildman–Crippen LogP) is 3.90. The van der Waals surface area contributed by atoms with E-state index in [1.807, 2.05) is 42.6 Å². The maximum absolute atomic E-state index is 12.4. The van der Waals surface area contributed by atoms with Gasteiger partial charge in [-0.25, -0.2) is 4.79 Å². The molecule has 0 saturated heterocycles. The van der Waals surface area contributed by atoms with Crippen LogP contribution in [0.25, 0.3) is 0 Å². The van der Waals surface area contributed by atoms with Gasteiger partial charge >= 0.3 is 6.09 Å². The summed E-state index contributed by atoms with van der Waals surface area (Å²) in [5.41, 5.74) is 0.892. The van der Waals surface area contributed by atoms with E-state index in [1.54, 1.807) is 11.0 Å². The van der Waals surface area contributed by atoms with E-state index in [0.717, 1.165) is 10.4 Å². The minimum Gasteiger partial charge on any atom is -0.410 e. The third kappa shape index (κ3) is 2.56. The van der Waals surface area contributed by atoms with Gasteiger partial charge in [0.15, 0.2) is 5.78 Å². The Balaban J connectivity index is 1.94. The summed E-state index contributed by atoms with van der Waals surface area (Å²) in [7, 11) is 0. The largest absolute Gasteiger partial charge is 0.415 e. The first-order valence-corrected chi connectivity index (χ1v) is 7.72. The lowest BCUT2D eigenvalue weighted by Crippen LogP contribution is -2.41. The number of Topliss-reactive ketones (excluding diaryl/α,β-unsaturated/α-hetero) is 1. The molecule has 1 aromatic carbocycles. The van der Waals surface area contributed by atoms with Crippen molar-refractivity contribution in [2.75, 3.05) is 6.54 Å². The Kier molecular flexibility index (Phi) is 3.75. The molecule has 0 aliphatic carbocycles. The van der Waals surface area contributed by atoms with Gasteiger partial charge in [0.1, 0.15) is 5.75 Å². The van der Waals surface area contributed by atoms with E-state index in [9.17, 15) is 9.59 Å². The lowest BCUT2D eigenvalue weighted by atomic mass is 9.97. The van der Waals surface area contributed by atoms with Crippen LogP contribution in [0.2, 0.25) is 0 Å². The highest BCUT2D eigenvalue weighted by molar-refractivity contribution is 7.12. The number of carbonyl (C=O) groups is 2. The fourth-order valence-corrected chi connectivity index (χ4v) is 3.26. The van der Waals surface area contributed by atoms with Crippen molar-refractivity contribution >= 4 is 23.2 Å². The van der Waals surface area contributed by atoms with E-state index in [4.69, 9.17) is 4.74 Å². The summed E-state index contributed by atoms with van der Waals surface area (Å²) >= 11 is 1.43. The van der Waals surface area contributed by atoms with Gasteiger partial charge in [-0.15, -0.1) is 11.3 Å². The van der Waals surface area contributed by atoms with Crippen molar-refractivity contribution in [1.29, 1.82) is 0 Å². The molecule has 1 atom stereocenters. The van der Waals surface area contributed by atoms with E-state index >= 15 is 0 Å². The van der Waals surface area contributed by atoms with Crippen LogP contribution in [-0.4, -0.2) is 23.3 Å². The summed E-state index contributed by atoms with van der Waals surface area (Å²) in [4.78, 5) is 26.8. The monoisotopic (exact) mass is 301 g/mol. The molecule has 21 heavy (non-hydrogen) atoms. The topological polar surface area (TPSA) is 46.6 Å². The lowest BCUT2D eigenvalue weighted by Gasteiger charge is -2.35. The predicted molar refractivity (Wildman–Crippen MR) is 80.9 cm³/mol. The van der Waals surface area contributed by atoms with E-state index in [1.165, 1.54) is 11.3 Å². The second-order valence-electron chi connectivity index (χ2n) is 4.81. The second kappa shape index (κ2) is 5.69. The molecule has 0 fully saturated rings. The Morgan fingerprint density at radius 3 is 2.81 bits per heavy atom. The molecular weight excluding hydrogens is 286 g/mol. The van der Waals surface area contributed by atoms with Crippen LogP contribution < -0.4 is 4.74 Å². The van der Waals surface area contributed by atoms with Crippen LogP contribution >= 0.6 is 11.3 Å². The first-order chi connectivity index (χ1) is 10.2. The summed E-state index contributed by atoms with van der Waals surface area (Å²) in [6.07, 6.45) is -0.110. The van der Waals surface area contributed by atoms with Crippen LogP contribution in [0.15, 0.2) is 41.8 Å². The van der Waals surface area contributed by atoms with Crippen LogP contribution in [0.4, 0.5) is 4.79 Å². The van der Waals surface area contributed by atoms with E-state index in [0.29, 0.717) is 12.3 Å². The van der Waals surface area contributed by atoms with E-state index in [-0.39, 0.29) is 24.3 Å². The van der Waals surface area contributed by atoms with Crippen molar-refractivity contribution in [3.8, 4) is 5.75 Å². The zero-order chi connectivity index (χ0) is 14.8. The molecular formula is C16H15NO3S. The van der Waals surface area contributed by atoms with Crippen LogP contribution in [0.3, 0.4) is 0 Å². The summed E-state index contributed by atoms with van der Waals surface area (Å²) in [5.74, 6) is 0.606. The summed E-state index contributed by atoms with van der Waals surface area (Å²) in [5, 5.41) is 1.88. The molecule has 0 N–H and O–H groups in total. The number of hydrogen-bond donors (Lipinski definition) is 0. The molecule has 0 spiro atoms. The molecule has 0 radical (unpaired) electrons. The van der Waals surface area contributed by atoms with E-state index in [2.05, 4.69) is 0 Å². The Hall–Kier alpha value is -2.14. The number of benzene rings is 1.